The lowest BCUT2D eigenvalue weighted by Crippen LogP contribution is -2.49. The highest BCUT2D eigenvalue weighted by atomic mass is 15.2. The molecular formula is C7H14N2. The van der Waals surface area contributed by atoms with Crippen molar-refractivity contribution in [1.29, 1.82) is 0 Å². The SMILES string of the molecule is CN1C2CC[C@H]1CNC2. The molecule has 9 heavy (non-hydrogen) atoms. The van der Waals surface area contributed by atoms with Crippen molar-refractivity contribution < 1.29 is 0 Å². The lowest BCUT2D eigenvalue weighted by atomic mass is 10.2. The second-order valence-corrected chi connectivity index (χ2v) is 3.21. The van der Waals surface area contributed by atoms with Crippen molar-refractivity contribution >= 4 is 0 Å². The van der Waals surface area contributed by atoms with E-state index in [1.807, 2.05) is 0 Å². The van der Waals surface area contributed by atoms with Crippen LogP contribution in [0.5, 0.6) is 0 Å². The Morgan fingerprint density at radius 2 is 1.78 bits per heavy atom. The van der Waals surface area contributed by atoms with Crippen LogP contribution in [0, 0.1) is 0 Å². The van der Waals surface area contributed by atoms with Crippen LogP contribution in [0.25, 0.3) is 0 Å². The first kappa shape index (κ1) is 5.69. The fourth-order valence-electron chi connectivity index (χ4n) is 2.00. The maximum atomic E-state index is 3.44. The Kier molecular flexibility index (Phi) is 1.24. The van der Waals surface area contributed by atoms with Crippen LogP contribution in [-0.4, -0.2) is 37.1 Å². The van der Waals surface area contributed by atoms with Crippen molar-refractivity contribution in [3.63, 3.8) is 0 Å². The first-order valence-electron chi connectivity index (χ1n) is 3.80. The van der Waals surface area contributed by atoms with Crippen LogP contribution in [0.3, 0.4) is 0 Å². The number of fused-ring (bicyclic) bond motifs is 2. The Morgan fingerprint density at radius 1 is 1.22 bits per heavy atom. The van der Waals surface area contributed by atoms with Gasteiger partial charge in [0.25, 0.3) is 0 Å². The molecule has 0 aromatic rings. The molecule has 0 amide bonds. The Labute approximate surface area is 56.2 Å². The first-order valence-corrected chi connectivity index (χ1v) is 3.80. The molecule has 2 atom stereocenters. The van der Waals surface area contributed by atoms with Crippen molar-refractivity contribution in [3.8, 4) is 0 Å². The van der Waals surface area contributed by atoms with Gasteiger partial charge in [-0.25, -0.2) is 0 Å². The molecule has 2 aliphatic heterocycles. The number of hydrogen-bond donors (Lipinski definition) is 1. The summed E-state index contributed by atoms with van der Waals surface area (Å²) in [5.74, 6) is 0. The molecule has 2 bridgehead atoms. The minimum absolute atomic E-state index is 0.851. The number of nitrogens with zero attached hydrogens (tertiary/aromatic N) is 1. The third kappa shape index (κ3) is 0.775. The average molecular weight is 126 g/mol. The summed E-state index contributed by atoms with van der Waals surface area (Å²) < 4.78 is 0. The molecule has 2 saturated heterocycles. The number of hydrogen-bond acceptors (Lipinski definition) is 2. The van der Waals surface area contributed by atoms with E-state index in [9.17, 15) is 0 Å². The fourth-order valence-corrected chi connectivity index (χ4v) is 2.00. The molecule has 0 aromatic carbocycles. The zero-order chi connectivity index (χ0) is 6.27. The van der Waals surface area contributed by atoms with E-state index < -0.39 is 0 Å². The van der Waals surface area contributed by atoms with Crippen LogP contribution in [0.1, 0.15) is 12.8 Å². The molecule has 2 fully saturated rings. The molecule has 2 nitrogen and oxygen atoms in total. The smallest absolute Gasteiger partial charge is 0.0221 e. The highest BCUT2D eigenvalue weighted by molar-refractivity contribution is 4.92. The minimum Gasteiger partial charge on any atom is -0.314 e. The largest absolute Gasteiger partial charge is 0.314 e. The molecule has 0 spiro atoms. The van der Waals surface area contributed by atoms with Gasteiger partial charge < -0.3 is 5.32 Å². The summed E-state index contributed by atoms with van der Waals surface area (Å²) in [6.07, 6.45) is 2.82. The van der Waals surface area contributed by atoms with E-state index in [-0.39, 0.29) is 0 Å². The Morgan fingerprint density at radius 3 is 2.22 bits per heavy atom. The predicted molar refractivity (Wildman–Crippen MR) is 37.4 cm³/mol. The normalized spacial score (nSPS) is 43.7. The molecular weight excluding hydrogens is 112 g/mol. The van der Waals surface area contributed by atoms with Crippen LogP contribution >= 0.6 is 0 Å². The summed E-state index contributed by atoms with van der Waals surface area (Å²) in [6, 6.07) is 1.70. The maximum absolute atomic E-state index is 3.44. The van der Waals surface area contributed by atoms with Gasteiger partial charge in [0.15, 0.2) is 0 Å². The van der Waals surface area contributed by atoms with Crippen LogP contribution in [0.2, 0.25) is 0 Å². The van der Waals surface area contributed by atoms with Crippen molar-refractivity contribution in [2.24, 2.45) is 0 Å². The third-order valence-corrected chi connectivity index (χ3v) is 2.74. The van der Waals surface area contributed by atoms with Gasteiger partial charge >= 0.3 is 0 Å². The molecule has 52 valence electrons. The average Bonchev–Trinajstić information content (AvgIpc) is 2.19. The van der Waals surface area contributed by atoms with E-state index in [1.54, 1.807) is 0 Å². The second kappa shape index (κ2) is 1.96. The zero-order valence-electron chi connectivity index (χ0n) is 5.93. The van der Waals surface area contributed by atoms with E-state index in [1.165, 1.54) is 25.9 Å². The number of rotatable bonds is 0. The van der Waals surface area contributed by atoms with E-state index >= 15 is 0 Å². The topological polar surface area (TPSA) is 15.3 Å². The fraction of sp³-hybridized carbons (Fsp3) is 1.00. The van der Waals surface area contributed by atoms with Crippen molar-refractivity contribution in [3.05, 3.63) is 0 Å². The van der Waals surface area contributed by atoms with Crippen LogP contribution in [0.15, 0.2) is 0 Å². The highest BCUT2D eigenvalue weighted by Gasteiger charge is 2.32. The van der Waals surface area contributed by atoms with Crippen LogP contribution < -0.4 is 5.32 Å². The molecule has 0 aromatic heterocycles. The summed E-state index contributed by atoms with van der Waals surface area (Å²) in [5, 5.41) is 3.44. The quantitative estimate of drug-likeness (QED) is 0.493. The van der Waals surface area contributed by atoms with Gasteiger partial charge in [-0.05, 0) is 19.9 Å². The summed E-state index contributed by atoms with van der Waals surface area (Å²) in [5.41, 5.74) is 0. The van der Waals surface area contributed by atoms with Crippen molar-refractivity contribution in [2.45, 2.75) is 24.9 Å². The van der Waals surface area contributed by atoms with Gasteiger partial charge in [0.1, 0.15) is 0 Å². The van der Waals surface area contributed by atoms with Crippen LogP contribution in [0.4, 0.5) is 0 Å². The molecule has 2 heterocycles. The van der Waals surface area contributed by atoms with Gasteiger partial charge in [0.05, 0.1) is 0 Å². The first-order chi connectivity index (χ1) is 4.38. The maximum Gasteiger partial charge on any atom is 0.0221 e. The minimum atomic E-state index is 0.851. The summed E-state index contributed by atoms with van der Waals surface area (Å²) >= 11 is 0. The summed E-state index contributed by atoms with van der Waals surface area (Å²) in [6.45, 7) is 2.43. The Hall–Kier alpha value is -0.0800. The summed E-state index contributed by atoms with van der Waals surface area (Å²) in [7, 11) is 2.25. The van der Waals surface area contributed by atoms with Gasteiger partial charge in [0.2, 0.25) is 0 Å². The zero-order valence-corrected chi connectivity index (χ0v) is 5.93. The molecule has 0 saturated carbocycles. The number of nitrogens with one attached hydrogen (secondary N) is 1. The van der Waals surface area contributed by atoms with E-state index in [0.717, 1.165) is 12.1 Å². The number of likely N-dealkylation sites (N-methyl/N-ethyl adjacent to an activating group) is 1. The molecule has 0 aliphatic carbocycles. The van der Waals surface area contributed by atoms with Crippen molar-refractivity contribution in [1.82, 2.24) is 10.2 Å². The van der Waals surface area contributed by atoms with Gasteiger partial charge in [0, 0.05) is 25.2 Å². The molecule has 2 aliphatic rings. The predicted octanol–water partition coefficient (Wildman–Crippen LogP) is 0.0524. The number of piperazine rings is 1. The second-order valence-electron chi connectivity index (χ2n) is 3.21. The molecule has 1 unspecified atom stereocenters. The Bertz CT molecular complexity index is 97.5. The molecule has 1 N–H and O–H groups in total. The molecule has 0 radical (unpaired) electrons. The van der Waals surface area contributed by atoms with E-state index in [0.29, 0.717) is 0 Å². The van der Waals surface area contributed by atoms with Gasteiger partial charge in [-0.15, -0.1) is 0 Å². The summed E-state index contributed by atoms with van der Waals surface area (Å²) in [4.78, 5) is 2.52. The van der Waals surface area contributed by atoms with Gasteiger partial charge in [-0.1, -0.05) is 0 Å². The third-order valence-electron chi connectivity index (χ3n) is 2.74. The monoisotopic (exact) mass is 126 g/mol. The van der Waals surface area contributed by atoms with Crippen LogP contribution in [-0.2, 0) is 0 Å². The van der Waals surface area contributed by atoms with Crippen molar-refractivity contribution in [2.75, 3.05) is 20.1 Å². The Balaban J connectivity index is 2.10. The molecule has 2 rings (SSSR count). The lowest BCUT2D eigenvalue weighted by Gasteiger charge is -2.31. The van der Waals surface area contributed by atoms with E-state index in [2.05, 4.69) is 17.3 Å². The van der Waals surface area contributed by atoms with Gasteiger partial charge in [-0.3, -0.25) is 4.90 Å². The standard InChI is InChI=1S/C7H14N2/c1-9-6-2-3-7(9)5-8-4-6/h6-8H,2-5H2,1H3/t6-,7?/m0/s1. The molecule has 2 heteroatoms. The lowest BCUT2D eigenvalue weighted by molar-refractivity contribution is 0.193. The highest BCUT2D eigenvalue weighted by Crippen LogP contribution is 2.23. The van der Waals surface area contributed by atoms with Gasteiger partial charge in [-0.2, -0.15) is 0 Å². The van der Waals surface area contributed by atoms with E-state index in [4.69, 9.17) is 0 Å².